The van der Waals surface area contributed by atoms with Crippen molar-refractivity contribution in [2.45, 2.75) is 24.8 Å². The van der Waals surface area contributed by atoms with Gasteiger partial charge in [-0.15, -0.1) is 11.3 Å². The van der Waals surface area contributed by atoms with Gasteiger partial charge in [0.2, 0.25) is 10.0 Å². The number of nitrogens with two attached hydrogens (primary N) is 1. The number of nitrogens with one attached hydrogen (secondary N) is 1. The fourth-order valence-corrected chi connectivity index (χ4v) is 4.79. The molecule has 0 unspecified atom stereocenters. The Labute approximate surface area is 137 Å². The Morgan fingerprint density at radius 3 is 2.48 bits per heavy atom. The van der Waals surface area contributed by atoms with Crippen molar-refractivity contribution in [2.75, 3.05) is 5.73 Å². The third-order valence-corrected chi connectivity index (χ3v) is 6.18. The first-order chi connectivity index (χ1) is 9.83. The van der Waals surface area contributed by atoms with E-state index in [9.17, 15) is 8.42 Å². The van der Waals surface area contributed by atoms with Gasteiger partial charge in [-0.05, 0) is 30.7 Å². The molecular weight excluding hydrogens is 351 g/mol. The van der Waals surface area contributed by atoms with Crippen LogP contribution in [-0.2, 0) is 23.0 Å². The van der Waals surface area contributed by atoms with Crippen molar-refractivity contribution in [1.29, 1.82) is 0 Å². The molecule has 0 aliphatic heterocycles. The SMILES string of the molecule is CCc1ccc(CNS(=O)(=O)c2c(N)cc(Cl)cc2Cl)s1. The van der Waals surface area contributed by atoms with E-state index in [1.54, 1.807) is 11.3 Å². The Morgan fingerprint density at radius 1 is 1.24 bits per heavy atom. The number of nitrogen functional groups attached to an aromatic ring is 1. The van der Waals surface area contributed by atoms with Crippen LogP contribution in [0.4, 0.5) is 5.69 Å². The van der Waals surface area contributed by atoms with E-state index in [-0.39, 0.29) is 22.2 Å². The highest BCUT2D eigenvalue weighted by Crippen LogP contribution is 2.31. The van der Waals surface area contributed by atoms with Crippen LogP contribution < -0.4 is 10.5 Å². The molecule has 2 aromatic rings. The lowest BCUT2D eigenvalue weighted by atomic mass is 10.3. The number of rotatable bonds is 5. The van der Waals surface area contributed by atoms with Crippen LogP contribution in [0.3, 0.4) is 0 Å². The van der Waals surface area contributed by atoms with Crippen molar-refractivity contribution in [2.24, 2.45) is 0 Å². The smallest absolute Gasteiger partial charge is 0.244 e. The minimum absolute atomic E-state index is 0.00734. The molecule has 8 heteroatoms. The average Bonchev–Trinajstić information content (AvgIpc) is 2.82. The number of aryl methyl sites for hydroxylation is 1. The number of hydrogen-bond donors (Lipinski definition) is 2. The molecule has 0 radical (unpaired) electrons. The van der Waals surface area contributed by atoms with Crippen LogP contribution in [0.2, 0.25) is 10.0 Å². The first kappa shape index (κ1) is 16.6. The predicted molar refractivity (Wildman–Crippen MR) is 88.6 cm³/mol. The lowest BCUT2D eigenvalue weighted by molar-refractivity contribution is 0.582. The molecule has 0 saturated heterocycles. The number of sulfonamides is 1. The summed E-state index contributed by atoms with van der Waals surface area (Å²) in [6.07, 6.45) is 0.924. The van der Waals surface area contributed by atoms with Gasteiger partial charge in [-0.1, -0.05) is 30.1 Å². The summed E-state index contributed by atoms with van der Waals surface area (Å²) in [5.41, 5.74) is 5.75. The summed E-state index contributed by atoms with van der Waals surface area (Å²) >= 11 is 13.3. The van der Waals surface area contributed by atoms with Gasteiger partial charge in [0.25, 0.3) is 0 Å². The highest BCUT2D eigenvalue weighted by molar-refractivity contribution is 7.89. The minimum Gasteiger partial charge on any atom is -0.398 e. The average molecular weight is 365 g/mol. The van der Waals surface area contributed by atoms with E-state index < -0.39 is 10.0 Å². The van der Waals surface area contributed by atoms with Gasteiger partial charge >= 0.3 is 0 Å². The predicted octanol–water partition coefficient (Wildman–Crippen LogP) is 3.68. The van der Waals surface area contributed by atoms with Gasteiger partial charge in [0.05, 0.1) is 10.7 Å². The molecule has 1 aromatic heterocycles. The first-order valence-electron chi connectivity index (χ1n) is 6.15. The molecule has 3 N–H and O–H groups in total. The Hall–Kier alpha value is -0.790. The van der Waals surface area contributed by atoms with E-state index in [1.165, 1.54) is 17.0 Å². The highest BCUT2D eigenvalue weighted by atomic mass is 35.5. The van der Waals surface area contributed by atoms with Crippen molar-refractivity contribution >= 4 is 50.2 Å². The Kier molecular flexibility index (Phi) is 5.16. The second-order valence-electron chi connectivity index (χ2n) is 4.35. The number of benzene rings is 1. The van der Waals surface area contributed by atoms with Crippen molar-refractivity contribution in [1.82, 2.24) is 4.72 Å². The van der Waals surface area contributed by atoms with Crippen LogP contribution >= 0.6 is 34.5 Å². The van der Waals surface area contributed by atoms with E-state index in [1.807, 2.05) is 19.1 Å². The molecule has 0 saturated carbocycles. The number of thiophene rings is 1. The molecule has 0 atom stereocenters. The zero-order valence-corrected chi connectivity index (χ0v) is 14.3. The quantitative estimate of drug-likeness (QED) is 0.794. The van der Waals surface area contributed by atoms with Crippen LogP contribution in [0, 0.1) is 0 Å². The second kappa shape index (κ2) is 6.54. The van der Waals surface area contributed by atoms with Gasteiger partial charge in [-0.3, -0.25) is 0 Å². The zero-order valence-electron chi connectivity index (χ0n) is 11.2. The lowest BCUT2D eigenvalue weighted by Gasteiger charge is -2.10. The van der Waals surface area contributed by atoms with Crippen LogP contribution in [0.5, 0.6) is 0 Å². The molecule has 0 aliphatic rings. The van der Waals surface area contributed by atoms with Gasteiger partial charge in [0.15, 0.2) is 0 Å². The number of anilines is 1. The van der Waals surface area contributed by atoms with Gasteiger partial charge < -0.3 is 5.73 Å². The summed E-state index contributed by atoms with van der Waals surface area (Å²) in [6.45, 7) is 2.25. The fourth-order valence-electron chi connectivity index (χ4n) is 1.81. The Balaban J connectivity index is 2.23. The number of halogens is 2. The zero-order chi connectivity index (χ0) is 15.6. The van der Waals surface area contributed by atoms with Crippen molar-refractivity contribution in [3.05, 3.63) is 44.1 Å². The summed E-state index contributed by atoms with van der Waals surface area (Å²) in [7, 11) is -3.79. The summed E-state index contributed by atoms with van der Waals surface area (Å²) in [5, 5.41) is 0.301. The maximum atomic E-state index is 12.3. The Morgan fingerprint density at radius 2 is 1.90 bits per heavy atom. The van der Waals surface area contributed by atoms with Gasteiger partial charge in [0, 0.05) is 21.3 Å². The maximum absolute atomic E-state index is 12.3. The van der Waals surface area contributed by atoms with Crippen molar-refractivity contribution in [3.63, 3.8) is 0 Å². The summed E-state index contributed by atoms with van der Waals surface area (Å²) in [5.74, 6) is 0. The van der Waals surface area contributed by atoms with E-state index in [0.717, 1.165) is 11.3 Å². The van der Waals surface area contributed by atoms with Crippen molar-refractivity contribution in [3.8, 4) is 0 Å². The molecule has 21 heavy (non-hydrogen) atoms. The molecule has 0 spiro atoms. The normalized spacial score (nSPS) is 11.8. The molecule has 0 bridgehead atoms. The molecule has 0 fully saturated rings. The van der Waals surface area contributed by atoms with Crippen LogP contribution in [-0.4, -0.2) is 8.42 Å². The molecule has 0 aliphatic carbocycles. The third-order valence-electron chi connectivity index (χ3n) is 2.81. The minimum atomic E-state index is -3.79. The topological polar surface area (TPSA) is 72.2 Å². The molecule has 1 aromatic carbocycles. The summed E-state index contributed by atoms with van der Waals surface area (Å²) in [4.78, 5) is 1.99. The van der Waals surface area contributed by atoms with E-state index in [0.29, 0.717) is 5.02 Å². The third kappa shape index (κ3) is 3.90. The van der Waals surface area contributed by atoms with E-state index in [2.05, 4.69) is 4.72 Å². The van der Waals surface area contributed by atoms with Crippen LogP contribution in [0.1, 0.15) is 16.7 Å². The second-order valence-corrected chi connectivity index (χ2v) is 8.15. The lowest BCUT2D eigenvalue weighted by Crippen LogP contribution is -2.24. The van der Waals surface area contributed by atoms with Crippen molar-refractivity contribution < 1.29 is 8.42 Å². The molecule has 4 nitrogen and oxygen atoms in total. The molecule has 1 heterocycles. The van der Waals surface area contributed by atoms with E-state index >= 15 is 0 Å². The standard InChI is InChI=1S/C13H14Cl2N2O2S2/c1-2-9-3-4-10(20-9)7-17-21(18,19)13-11(15)5-8(14)6-12(13)16/h3-6,17H,2,7,16H2,1H3. The van der Waals surface area contributed by atoms with E-state index in [4.69, 9.17) is 28.9 Å². The van der Waals surface area contributed by atoms with Crippen LogP contribution in [0.25, 0.3) is 0 Å². The molecule has 114 valence electrons. The highest BCUT2D eigenvalue weighted by Gasteiger charge is 2.22. The largest absolute Gasteiger partial charge is 0.398 e. The summed E-state index contributed by atoms with van der Waals surface area (Å²) in [6, 6.07) is 6.60. The van der Waals surface area contributed by atoms with Gasteiger partial charge in [-0.2, -0.15) is 0 Å². The number of hydrogen-bond acceptors (Lipinski definition) is 4. The Bertz CT molecular complexity index is 734. The monoisotopic (exact) mass is 364 g/mol. The molecule has 0 amide bonds. The maximum Gasteiger partial charge on any atom is 0.244 e. The van der Waals surface area contributed by atoms with Crippen LogP contribution in [0.15, 0.2) is 29.2 Å². The fraction of sp³-hybridized carbons (Fsp3) is 0.231. The molecule has 2 rings (SSSR count). The molecular formula is C13H14Cl2N2O2S2. The van der Waals surface area contributed by atoms with Gasteiger partial charge in [-0.25, -0.2) is 13.1 Å². The van der Waals surface area contributed by atoms with Gasteiger partial charge in [0.1, 0.15) is 4.90 Å². The summed E-state index contributed by atoms with van der Waals surface area (Å²) < 4.78 is 27.1. The first-order valence-corrected chi connectivity index (χ1v) is 9.21.